The van der Waals surface area contributed by atoms with Gasteiger partial charge in [0.05, 0.1) is 19.8 Å². The van der Waals surface area contributed by atoms with Crippen molar-refractivity contribution in [3.8, 4) is 0 Å². The number of aromatic nitrogens is 2. The Balaban J connectivity index is 1.56. The minimum Gasteiger partial charge on any atom is -0.392 e. The molecule has 0 radical (unpaired) electrons. The number of imidazole rings is 1. The normalized spacial score (nSPS) is 19.8. The highest BCUT2D eigenvalue weighted by molar-refractivity contribution is 6.38. The van der Waals surface area contributed by atoms with Gasteiger partial charge in [0.15, 0.2) is 19.8 Å². The third-order valence-corrected chi connectivity index (χ3v) is 4.68. The van der Waals surface area contributed by atoms with Gasteiger partial charge in [0.25, 0.3) is 0 Å². The molecule has 1 aromatic carbocycles. The highest BCUT2D eigenvalue weighted by Gasteiger charge is 2.21. The maximum absolute atomic E-state index is 9.81. The van der Waals surface area contributed by atoms with Crippen LogP contribution >= 0.6 is 0 Å². The molecule has 2 aliphatic rings. The highest BCUT2D eigenvalue weighted by atomic mass is 16.5. The second-order valence-electron chi connectivity index (χ2n) is 6.29. The van der Waals surface area contributed by atoms with Gasteiger partial charge in [0.1, 0.15) is 0 Å². The van der Waals surface area contributed by atoms with E-state index in [1.165, 1.54) is 0 Å². The molecule has 0 bridgehead atoms. The van der Waals surface area contributed by atoms with Gasteiger partial charge in [-0.05, 0) is 23.8 Å². The maximum Gasteiger partial charge on any atom is 0.163 e. The third kappa shape index (κ3) is 3.10. The van der Waals surface area contributed by atoms with Gasteiger partial charge in [0.2, 0.25) is 0 Å². The van der Waals surface area contributed by atoms with Crippen LogP contribution in [0.5, 0.6) is 0 Å². The van der Waals surface area contributed by atoms with Gasteiger partial charge < -0.3 is 29.9 Å². The van der Waals surface area contributed by atoms with E-state index in [0.29, 0.717) is 0 Å². The molecule has 0 amide bonds. The molecule has 0 spiro atoms. The summed E-state index contributed by atoms with van der Waals surface area (Å²) in [7, 11) is 2.04. The van der Waals surface area contributed by atoms with Crippen LogP contribution in [0.15, 0.2) is 36.8 Å². The van der Waals surface area contributed by atoms with Gasteiger partial charge in [-0.25, -0.2) is 4.98 Å². The first kappa shape index (κ1) is 16.0. The molecule has 7 nitrogen and oxygen atoms in total. The zero-order valence-corrected chi connectivity index (χ0v) is 14.3. The van der Waals surface area contributed by atoms with Gasteiger partial charge in [0, 0.05) is 48.6 Å². The van der Waals surface area contributed by atoms with Crippen molar-refractivity contribution < 1.29 is 9.84 Å². The predicted octanol–water partition coefficient (Wildman–Crippen LogP) is 0.315. The fourth-order valence-electron chi connectivity index (χ4n) is 3.36. The fourth-order valence-corrected chi connectivity index (χ4v) is 3.36. The molecule has 3 heterocycles. The summed E-state index contributed by atoms with van der Waals surface area (Å²) >= 11 is 0. The van der Waals surface area contributed by atoms with Crippen LogP contribution in [0, 0.1) is 0 Å². The van der Waals surface area contributed by atoms with E-state index in [1.807, 2.05) is 32.4 Å². The van der Waals surface area contributed by atoms with Crippen LogP contribution in [0.3, 0.4) is 0 Å². The SMILES string of the molecule is BC1=CNC(Nc2ccc(N3CCOCC3)c(CO)c2)c2nccn21. The number of anilines is 2. The van der Waals surface area contributed by atoms with Crippen molar-refractivity contribution in [1.29, 1.82) is 0 Å². The Labute approximate surface area is 147 Å². The van der Waals surface area contributed by atoms with E-state index >= 15 is 0 Å². The number of rotatable bonds is 4. The van der Waals surface area contributed by atoms with Gasteiger partial charge in [-0.15, -0.1) is 0 Å². The Hall–Kier alpha value is -2.45. The van der Waals surface area contributed by atoms with Crippen LogP contribution in [0.2, 0.25) is 0 Å². The molecule has 130 valence electrons. The molecule has 25 heavy (non-hydrogen) atoms. The lowest BCUT2D eigenvalue weighted by Crippen LogP contribution is -2.36. The number of aliphatic hydroxyl groups excluding tert-OH is 1. The van der Waals surface area contributed by atoms with E-state index in [4.69, 9.17) is 4.74 Å². The Kier molecular flexibility index (Phi) is 4.37. The van der Waals surface area contributed by atoms with Crippen molar-refractivity contribution in [2.45, 2.75) is 12.8 Å². The number of hydrogen-bond acceptors (Lipinski definition) is 6. The first-order chi connectivity index (χ1) is 12.3. The molecule has 1 aromatic heterocycles. The minimum atomic E-state index is -0.112. The lowest BCUT2D eigenvalue weighted by Gasteiger charge is -2.31. The van der Waals surface area contributed by atoms with Crippen LogP contribution < -0.4 is 15.5 Å². The van der Waals surface area contributed by atoms with Crippen LogP contribution in [0.4, 0.5) is 11.4 Å². The van der Waals surface area contributed by atoms with Crippen LogP contribution in [-0.2, 0) is 11.3 Å². The lowest BCUT2D eigenvalue weighted by molar-refractivity contribution is 0.122. The molecule has 2 aromatic rings. The summed E-state index contributed by atoms with van der Waals surface area (Å²) in [4.78, 5) is 6.70. The van der Waals surface area contributed by atoms with E-state index < -0.39 is 0 Å². The van der Waals surface area contributed by atoms with E-state index in [2.05, 4.69) is 31.2 Å². The number of fused-ring (bicyclic) bond motifs is 1. The summed E-state index contributed by atoms with van der Waals surface area (Å²) < 4.78 is 7.47. The standard InChI is InChI=1S/C17H22BN5O2/c18-15-10-20-16(17-19-3-4-23(15)17)21-13-1-2-14(12(9-13)11-24)22-5-7-25-8-6-22/h1-4,9-10,16,20-21,24H,5-8,11,18H2. The van der Waals surface area contributed by atoms with Gasteiger partial charge in [-0.2, -0.15) is 0 Å². The van der Waals surface area contributed by atoms with E-state index in [1.54, 1.807) is 6.20 Å². The van der Waals surface area contributed by atoms with Crippen molar-refractivity contribution >= 4 is 24.8 Å². The highest BCUT2D eigenvalue weighted by Crippen LogP contribution is 2.28. The number of morpholine rings is 1. The average molecular weight is 339 g/mol. The molecule has 4 rings (SSSR count). The van der Waals surface area contributed by atoms with Crippen molar-refractivity contribution in [2.75, 3.05) is 36.5 Å². The molecule has 0 saturated carbocycles. The molecule has 1 fully saturated rings. The number of ether oxygens (including phenoxy) is 1. The summed E-state index contributed by atoms with van der Waals surface area (Å²) in [6.07, 6.45) is 5.62. The Morgan fingerprint density at radius 3 is 3.00 bits per heavy atom. The number of nitrogens with one attached hydrogen (secondary N) is 2. The molecule has 2 aliphatic heterocycles. The maximum atomic E-state index is 9.81. The molecule has 3 N–H and O–H groups in total. The number of benzene rings is 1. The largest absolute Gasteiger partial charge is 0.392 e. The first-order valence-corrected chi connectivity index (χ1v) is 8.56. The lowest BCUT2D eigenvalue weighted by atomic mass is 10.0. The number of aliphatic hydroxyl groups is 1. The number of nitrogens with zero attached hydrogens (tertiary/aromatic N) is 3. The predicted molar refractivity (Wildman–Crippen MR) is 99.9 cm³/mol. The zero-order chi connectivity index (χ0) is 17.2. The van der Waals surface area contributed by atoms with Crippen molar-refractivity contribution in [3.05, 3.63) is 48.2 Å². The minimum absolute atomic E-state index is 0.00788. The molecule has 8 heteroatoms. The molecule has 1 atom stereocenters. The van der Waals surface area contributed by atoms with Crippen molar-refractivity contribution in [2.24, 2.45) is 0 Å². The van der Waals surface area contributed by atoms with Gasteiger partial charge in [-0.3, -0.25) is 0 Å². The summed E-state index contributed by atoms with van der Waals surface area (Å²) in [6, 6.07) is 6.12. The summed E-state index contributed by atoms with van der Waals surface area (Å²) in [5.41, 5.74) is 4.04. The van der Waals surface area contributed by atoms with Crippen LogP contribution in [0.25, 0.3) is 5.60 Å². The second-order valence-corrected chi connectivity index (χ2v) is 6.29. The fraction of sp³-hybridized carbons (Fsp3) is 0.353. The molecule has 1 saturated heterocycles. The topological polar surface area (TPSA) is 74.6 Å². The van der Waals surface area contributed by atoms with Crippen molar-refractivity contribution in [1.82, 2.24) is 14.9 Å². The summed E-state index contributed by atoms with van der Waals surface area (Å²) in [6.45, 7) is 3.17. The van der Waals surface area contributed by atoms with Gasteiger partial charge in [-0.1, -0.05) is 0 Å². The smallest absolute Gasteiger partial charge is 0.163 e. The zero-order valence-electron chi connectivity index (χ0n) is 14.3. The quantitative estimate of drug-likeness (QED) is 0.697. The summed E-state index contributed by atoms with van der Waals surface area (Å²) in [5.74, 6) is 0.919. The number of hydrogen-bond donors (Lipinski definition) is 3. The molecular formula is C17H22BN5O2. The molecule has 0 aliphatic carbocycles. The Morgan fingerprint density at radius 2 is 2.20 bits per heavy atom. The van der Waals surface area contributed by atoms with Crippen LogP contribution in [-0.4, -0.2) is 48.8 Å². The van der Waals surface area contributed by atoms with Crippen LogP contribution in [0.1, 0.15) is 17.6 Å². The van der Waals surface area contributed by atoms with E-state index in [0.717, 1.165) is 54.7 Å². The average Bonchev–Trinajstić information content (AvgIpc) is 3.16. The molecule has 1 unspecified atom stereocenters. The Bertz CT molecular complexity index is 785. The van der Waals surface area contributed by atoms with E-state index in [9.17, 15) is 5.11 Å². The molecular weight excluding hydrogens is 317 g/mol. The third-order valence-electron chi connectivity index (χ3n) is 4.68. The van der Waals surface area contributed by atoms with Gasteiger partial charge >= 0.3 is 0 Å². The monoisotopic (exact) mass is 339 g/mol. The second kappa shape index (κ2) is 6.82. The Morgan fingerprint density at radius 1 is 1.36 bits per heavy atom. The summed E-state index contributed by atoms with van der Waals surface area (Å²) in [5, 5.41) is 16.6. The van der Waals surface area contributed by atoms with Crippen molar-refractivity contribution in [3.63, 3.8) is 0 Å². The first-order valence-electron chi connectivity index (χ1n) is 8.56. The van der Waals surface area contributed by atoms with E-state index in [-0.39, 0.29) is 12.8 Å².